The standard InChI is InChI=1S/C14H20N4O2S/c1-17-4-6-18(7-5-17)8-9-21(19)14-16-12-3-2-11(15)10-13(12)20-14/h2-3,10H,4-9,15H2,1H3. The summed E-state index contributed by atoms with van der Waals surface area (Å²) in [6, 6.07) is 5.26. The summed E-state index contributed by atoms with van der Waals surface area (Å²) >= 11 is 0. The molecule has 6 nitrogen and oxygen atoms in total. The zero-order valence-corrected chi connectivity index (χ0v) is 12.9. The maximum Gasteiger partial charge on any atom is 0.287 e. The van der Waals surface area contributed by atoms with Crippen LogP contribution in [0.2, 0.25) is 0 Å². The first-order valence-corrected chi connectivity index (χ1v) is 8.39. The van der Waals surface area contributed by atoms with E-state index in [1.807, 2.05) is 0 Å². The van der Waals surface area contributed by atoms with Gasteiger partial charge in [-0.15, -0.1) is 0 Å². The average molecular weight is 308 g/mol. The second-order valence-electron chi connectivity index (χ2n) is 5.40. The van der Waals surface area contributed by atoms with Crippen LogP contribution in [0.1, 0.15) is 0 Å². The summed E-state index contributed by atoms with van der Waals surface area (Å²) in [6.07, 6.45) is 0. The van der Waals surface area contributed by atoms with Crippen molar-refractivity contribution < 1.29 is 8.63 Å². The molecule has 1 atom stereocenters. The van der Waals surface area contributed by atoms with Gasteiger partial charge < -0.3 is 15.1 Å². The number of nitrogens with two attached hydrogens (primary N) is 1. The van der Waals surface area contributed by atoms with E-state index in [9.17, 15) is 4.21 Å². The quantitative estimate of drug-likeness (QED) is 0.841. The van der Waals surface area contributed by atoms with Crippen molar-refractivity contribution in [1.29, 1.82) is 0 Å². The number of hydrogen-bond donors (Lipinski definition) is 1. The third kappa shape index (κ3) is 3.42. The zero-order chi connectivity index (χ0) is 14.8. The van der Waals surface area contributed by atoms with Crippen LogP contribution in [-0.2, 0) is 10.8 Å². The highest BCUT2D eigenvalue weighted by atomic mass is 32.2. The Bertz CT molecular complexity index is 649. The molecular weight excluding hydrogens is 288 g/mol. The van der Waals surface area contributed by atoms with Gasteiger partial charge in [-0.25, -0.2) is 9.19 Å². The van der Waals surface area contributed by atoms with Crippen LogP contribution in [0.3, 0.4) is 0 Å². The van der Waals surface area contributed by atoms with Crippen LogP contribution < -0.4 is 5.73 Å². The number of fused-ring (bicyclic) bond motifs is 1. The van der Waals surface area contributed by atoms with E-state index in [1.54, 1.807) is 18.2 Å². The maximum atomic E-state index is 12.3. The molecule has 1 aromatic carbocycles. The molecule has 1 saturated heterocycles. The van der Waals surface area contributed by atoms with Crippen molar-refractivity contribution >= 4 is 27.6 Å². The van der Waals surface area contributed by atoms with Crippen LogP contribution >= 0.6 is 0 Å². The molecule has 21 heavy (non-hydrogen) atoms. The molecule has 1 unspecified atom stereocenters. The van der Waals surface area contributed by atoms with Gasteiger partial charge >= 0.3 is 0 Å². The van der Waals surface area contributed by atoms with Crippen molar-refractivity contribution in [3.8, 4) is 0 Å². The zero-order valence-electron chi connectivity index (χ0n) is 12.1. The first-order valence-electron chi connectivity index (χ1n) is 7.07. The lowest BCUT2D eigenvalue weighted by Gasteiger charge is -2.31. The fraction of sp³-hybridized carbons (Fsp3) is 0.500. The molecular formula is C14H20N4O2S. The molecule has 0 amide bonds. The van der Waals surface area contributed by atoms with Crippen molar-refractivity contribution in [1.82, 2.24) is 14.8 Å². The Morgan fingerprint density at radius 2 is 2.10 bits per heavy atom. The number of benzene rings is 1. The predicted octanol–water partition coefficient (Wildman–Crippen LogP) is 0.765. The Morgan fingerprint density at radius 1 is 1.33 bits per heavy atom. The minimum absolute atomic E-state index is 0.296. The Balaban J connectivity index is 1.61. The van der Waals surface area contributed by atoms with Crippen LogP contribution in [0.15, 0.2) is 27.8 Å². The number of nitrogens with zero attached hydrogens (tertiary/aromatic N) is 3. The molecule has 1 fully saturated rings. The summed E-state index contributed by atoms with van der Waals surface area (Å²) in [4.78, 5) is 8.92. The van der Waals surface area contributed by atoms with Gasteiger partial charge in [-0.3, -0.25) is 4.90 Å². The van der Waals surface area contributed by atoms with Gasteiger partial charge in [0, 0.05) is 50.2 Å². The number of rotatable bonds is 4. The van der Waals surface area contributed by atoms with Crippen LogP contribution in [-0.4, -0.2) is 64.5 Å². The molecule has 0 aliphatic carbocycles. The summed E-state index contributed by atoms with van der Waals surface area (Å²) in [5.74, 6) is 0.548. The van der Waals surface area contributed by atoms with Gasteiger partial charge in [-0.05, 0) is 19.2 Å². The second-order valence-corrected chi connectivity index (χ2v) is 6.85. The molecule has 1 aliphatic heterocycles. The molecule has 114 valence electrons. The Hall–Kier alpha value is -1.44. The van der Waals surface area contributed by atoms with E-state index in [2.05, 4.69) is 21.8 Å². The van der Waals surface area contributed by atoms with Gasteiger partial charge in [0.15, 0.2) is 5.58 Å². The van der Waals surface area contributed by atoms with Gasteiger partial charge in [-0.2, -0.15) is 0 Å². The van der Waals surface area contributed by atoms with Crippen LogP contribution in [0.5, 0.6) is 0 Å². The third-order valence-electron chi connectivity index (χ3n) is 3.78. The fourth-order valence-corrected chi connectivity index (χ4v) is 3.37. The topological polar surface area (TPSA) is 75.6 Å². The highest BCUT2D eigenvalue weighted by Crippen LogP contribution is 2.20. The summed E-state index contributed by atoms with van der Waals surface area (Å²) in [7, 11) is 0.918. The largest absolute Gasteiger partial charge is 0.430 e. The molecule has 0 bridgehead atoms. The number of nitrogen functional groups attached to an aromatic ring is 1. The number of oxazole rings is 1. The number of piperazine rings is 1. The smallest absolute Gasteiger partial charge is 0.287 e. The van der Waals surface area contributed by atoms with Gasteiger partial charge in [-0.1, -0.05) is 0 Å². The average Bonchev–Trinajstić information content (AvgIpc) is 2.89. The molecule has 1 aliphatic rings. The Kier molecular flexibility index (Phi) is 4.23. The second kappa shape index (κ2) is 6.13. The first kappa shape index (κ1) is 14.5. The van der Waals surface area contributed by atoms with E-state index >= 15 is 0 Å². The lowest BCUT2D eigenvalue weighted by molar-refractivity contribution is 0.161. The Morgan fingerprint density at radius 3 is 2.86 bits per heavy atom. The summed E-state index contributed by atoms with van der Waals surface area (Å²) in [5, 5.41) is 0.296. The molecule has 1 aromatic heterocycles. The molecule has 0 spiro atoms. The van der Waals surface area contributed by atoms with Gasteiger partial charge in [0.2, 0.25) is 0 Å². The van der Waals surface area contributed by atoms with Gasteiger partial charge in [0.1, 0.15) is 16.3 Å². The van der Waals surface area contributed by atoms with Crippen molar-refractivity contribution in [2.45, 2.75) is 5.22 Å². The molecule has 7 heteroatoms. The summed E-state index contributed by atoms with van der Waals surface area (Å²) in [5.41, 5.74) is 7.62. The van der Waals surface area contributed by atoms with Crippen LogP contribution in [0, 0.1) is 0 Å². The van der Waals surface area contributed by atoms with Crippen molar-refractivity contribution in [3.05, 3.63) is 18.2 Å². The third-order valence-corrected chi connectivity index (χ3v) is 4.89. The first-order chi connectivity index (χ1) is 10.1. The monoisotopic (exact) mass is 308 g/mol. The molecule has 2 heterocycles. The molecule has 0 radical (unpaired) electrons. The van der Waals surface area contributed by atoms with E-state index in [-0.39, 0.29) is 0 Å². The maximum absolute atomic E-state index is 12.3. The van der Waals surface area contributed by atoms with E-state index in [4.69, 9.17) is 10.2 Å². The van der Waals surface area contributed by atoms with Crippen molar-refractivity contribution in [2.24, 2.45) is 0 Å². The fourth-order valence-electron chi connectivity index (χ4n) is 2.39. The molecule has 3 rings (SSSR count). The minimum atomic E-state index is -1.21. The molecule has 0 saturated carbocycles. The molecule has 2 aromatic rings. The minimum Gasteiger partial charge on any atom is -0.430 e. The number of aromatic nitrogens is 1. The number of likely N-dealkylation sites (N-methyl/N-ethyl adjacent to an activating group) is 1. The van der Waals surface area contributed by atoms with E-state index in [0.29, 0.717) is 27.8 Å². The lowest BCUT2D eigenvalue weighted by Crippen LogP contribution is -2.45. The van der Waals surface area contributed by atoms with E-state index < -0.39 is 10.8 Å². The molecule has 2 N–H and O–H groups in total. The van der Waals surface area contributed by atoms with Gasteiger partial charge in [0.05, 0.1) is 0 Å². The van der Waals surface area contributed by atoms with E-state index in [0.717, 1.165) is 32.7 Å². The summed E-state index contributed by atoms with van der Waals surface area (Å²) in [6.45, 7) is 4.99. The lowest BCUT2D eigenvalue weighted by atomic mass is 10.3. The van der Waals surface area contributed by atoms with Gasteiger partial charge in [0.25, 0.3) is 5.22 Å². The normalized spacial score (nSPS) is 19.1. The van der Waals surface area contributed by atoms with Crippen molar-refractivity contribution in [3.63, 3.8) is 0 Å². The highest BCUT2D eigenvalue weighted by molar-refractivity contribution is 7.84. The van der Waals surface area contributed by atoms with Crippen LogP contribution in [0.25, 0.3) is 11.1 Å². The van der Waals surface area contributed by atoms with E-state index in [1.165, 1.54) is 0 Å². The Labute approximate surface area is 126 Å². The predicted molar refractivity (Wildman–Crippen MR) is 83.6 cm³/mol. The number of hydrogen-bond acceptors (Lipinski definition) is 6. The SMILES string of the molecule is CN1CCN(CCS(=O)c2nc3ccc(N)cc3o2)CC1. The summed E-state index contributed by atoms with van der Waals surface area (Å²) < 4.78 is 17.8. The van der Waals surface area contributed by atoms with Crippen molar-refractivity contribution in [2.75, 3.05) is 51.3 Å². The van der Waals surface area contributed by atoms with Crippen LogP contribution in [0.4, 0.5) is 5.69 Å². The highest BCUT2D eigenvalue weighted by Gasteiger charge is 2.17. The number of anilines is 1.